The first-order valence-electron chi connectivity index (χ1n) is 5.43. The number of nitrogens with one attached hydrogen (secondary N) is 1. The van der Waals surface area contributed by atoms with Crippen molar-refractivity contribution in [2.45, 2.75) is 11.4 Å². The summed E-state index contributed by atoms with van der Waals surface area (Å²) >= 11 is 5.95. The van der Waals surface area contributed by atoms with Crippen LogP contribution in [0, 0.1) is 0 Å². The molecule has 0 fully saturated rings. The molecule has 2 rings (SSSR count). The third kappa shape index (κ3) is 3.66. The molecule has 0 bridgehead atoms. The van der Waals surface area contributed by atoms with Gasteiger partial charge >= 0.3 is 0 Å². The summed E-state index contributed by atoms with van der Waals surface area (Å²) in [4.78, 5) is 4.18. The van der Waals surface area contributed by atoms with E-state index in [0.29, 0.717) is 17.4 Å². The number of benzene rings is 1. The van der Waals surface area contributed by atoms with Crippen molar-refractivity contribution in [1.82, 2.24) is 4.98 Å². The van der Waals surface area contributed by atoms with E-state index in [-0.39, 0.29) is 4.90 Å². The Morgan fingerprint density at radius 3 is 2.47 bits per heavy atom. The molecule has 100 valence electrons. The normalized spacial score (nSPS) is 11.3. The Morgan fingerprint density at radius 2 is 1.89 bits per heavy atom. The van der Waals surface area contributed by atoms with Crippen LogP contribution >= 0.6 is 11.6 Å². The molecular formula is C12H12ClN3O2S. The van der Waals surface area contributed by atoms with Gasteiger partial charge in [0, 0.05) is 12.7 Å². The molecular weight excluding hydrogens is 286 g/mol. The lowest BCUT2D eigenvalue weighted by Gasteiger charge is -2.07. The van der Waals surface area contributed by atoms with Crippen LogP contribution in [0.2, 0.25) is 5.02 Å². The highest BCUT2D eigenvalue weighted by Crippen LogP contribution is 2.18. The van der Waals surface area contributed by atoms with E-state index >= 15 is 0 Å². The first-order chi connectivity index (χ1) is 8.97. The number of primary sulfonamides is 1. The minimum atomic E-state index is -3.65. The van der Waals surface area contributed by atoms with E-state index in [1.54, 1.807) is 30.5 Å². The molecule has 19 heavy (non-hydrogen) atoms. The van der Waals surface area contributed by atoms with Crippen LogP contribution in [-0.4, -0.2) is 13.4 Å². The van der Waals surface area contributed by atoms with Crippen LogP contribution in [0.25, 0.3) is 0 Å². The van der Waals surface area contributed by atoms with Gasteiger partial charge in [-0.15, -0.1) is 0 Å². The lowest BCUT2D eigenvalue weighted by molar-refractivity contribution is 0.598. The molecule has 1 aromatic carbocycles. The average molecular weight is 298 g/mol. The van der Waals surface area contributed by atoms with E-state index in [2.05, 4.69) is 10.3 Å². The molecule has 0 saturated heterocycles. The quantitative estimate of drug-likeness (QED) is 0.904. The number of halogens is 1. The number of sulfonamides is 1. The van der Waals surface area contributed by atoms with Crippen molar-refractivity contribution in [3.05, 3.63) is 53.2 Å². The number of anilines is 1. The minimum absolute atomic E-state index is 0.0899. The molecule has 0 aliphatic heterocycles. The third-order valence-corrected chi connectivity index (χ3v) is 3.70. The van der Waals surface area contributed by atoms with Crippen molar-refractivity contribution < 1.29 is 8.42 Å². The topological polar surface area (TPSA) is 85.1 Å². The first-order valence-corrected chi connectivity index (χ1v) is 7.35. The number of aromatic nitrogens is 1. The second kappa shape index (κ2) is 5.56. The zero-order valence-electron chi connectivity index (χ0n) is 9.88. The Morgan fingerprint density at radius 1 is 1.21 bits per heavy atom. The van der Waals surface area contributed by atoms with Crippen molar-refractivity contribution in [3.8, 4) is 0 Å². The summed E-state index contributed by atoms with van der Waals surface area (Å²) in [5.41, 5.74) is 0.897. The molecule has 0 saturated carbocycles. The highest BCUT2D eigenvalue weighted by molar-refractivity contribution is 7.89. The Kier molecular flexibility index (Phi) is 4.04. The predicted molar refractivity (Wildman–Crippen MR) is 74.4 cm³/mol. The molecule has 7 heteroatoms. The standard InChI is InChI=1S/C12H12ClN3O2S/c13-11-2-1-7-15-12(11)16-8-9-3-5-10(6-4-9)19(14,17)18/h1-7H,8H2,(H,15,16)(H2,14,17,18). The van der Waals surface area contributed by atoms with Crippen LogP contribution in [-0.2, 0) is 16.6 Å². The molecule has 1 aromatic heterocycles. The van der Waals surface area contributed by atoms with Gasteiger partial charge in [-0.1, -0.05) is 23.7 Å². The van der Waals surface area contributed by atoms with E-state index in [0.717, 1.165) is 5.56 Å². The van der Waals surface area contributed by atoms with Crippen molar-refractivity contribution >= 4 is 27.4 Å². The molecule has 0 unspecified atom stereocenters. The summed E-state index contributed by atoms with van der Waals surface area (Å²) in [6.07, 6.45) is 1.64. The maximum absolute atomic E-state index is 11.1. The van der Waals surface area contributed by atoms with Crippen LogP contribution in [0.3, 0.4) is 0 Å². The smallest absolute Gasteiger partial charge is 0.238 e. The van der Waals surface area contributed by atoms with Crippen LogP contribution in [0.1, 0.15) is 5.56 Å². The highest BCUT2D eigenvalue weighted by Gasteiger charge is 2.06. The second-order valence-electron chi connectivity index (χ2n) is 3.88. The second-order valence-corrected chi connectivity index (χ2v) is 5.84. The molecule has 3 N–H and O–H groups in total. The summed E-state index contributed by atoms with van der Waals surface area (Å²) < 4.78 is 22.2. The Bertz CT molecular complexity index is 672. The zero-order chi connectivity index (χ0) is 13.9. The molecule has 5 nitrogen and oxygen atoms in total. The monoisotopic (exact) mass is 297 g/mol. The van der Waals surface area contributed by atoms with Gasteiger partial charge in [0.05, 0.1) is 9.92 Å². The maximum atomic E-state index is 11.1. The van der Waals surface area contributed by atoms with Crippen molar-refractivity contribution in [2.24, 2.45) is 5.14 Å². The van der Waals surface area contributed by atoms with E-state index in [9.17, 15) is 8.42 Å². The van der Waals surface area contributed by atoms with E-state index in [1.807, 2.05) is 0 Å². The Labute approximate surface area is 116 Å². The fourth-order valence-corrected chi connectivity index (χ4v) is 2.20. The highest BCUT2D eigenvalue weighted by atomic mass is 35.5. The van der Waals surface area contributed by atoms with Crippen molar-refractivity contribution in [1.29, 1.82) is 0 Å². The van der Waals surface area contributed by atoms with Crippen molar-refractivity contribution in [2.75, 3.05) is 5.32 Å². The lowest BCUT2D eigenvalue weighted by atomic mass is 10.2. The predicted octanol–water partition coefficient (Wildman–Crippen LogP) is 1.99. The number of hydrogen-bond donors (Lipinski definition) is 2. The van der Waals surface area contributed by atoms with Gasteiger partial charge in [0.1, 0.15) is 5.82 Å². The fourth-order valence-electron chi connectivity index (χ4n) is 1.50. The van der Waals surface area contributed by atoms with E-state index in [4.69, 9.17) is 16.7 Å². The summed E-state index contributed by atoms with van der Waals surface area (Å²) in [5.74, 6) is 0.583. The summed E-state index contributed by atoms with van der Waals surface area (Å²) in [5, 5.41) is 8.62. The van der Waals surface area contributed by atoms with E-state index in [1.165, 1.54) is 12.1 Å². The average Bonchev–Trinajstić information content (AvgIpc) is 2.37. The fraction of sp³-hybridized carbons (Fsp3) is 0.0833. The zero-order valence-corrected chi connectivity index (χ0v) is 11.4. The van der Waals surface area contributed by atoms with Gasteiger partial charge in [0.2, 0.25) is 10.0 Å². The molecule has 0 aliphatic rings. The van der Waals surface area contributed by atoms with Gasteiger partial charge in [0.15, 0.2) is 0 Å². The van der Waals surface area contributed by atoms with Crippen molar-refractivity contribution in [3.63, 3.8) is 0 Å². The van der Waals surface area contributed by atoms with Gasteiger partial charge in [-0.25, -0.2) is 18.5 Å². The number of rotatable bonds is 4. The Hall–Kier alpha value is -1.63. The molecule has 1 heterocycles. The number of hydrogen-bond acceptors (Lipinski definition) is 4. The summed E-state index contributed by atoms with van der Waals surface area (Å²) in [6, 6.07) is 9.78. The molecule has 0 amide bonds. The Balaban J connectivity index is 2.07. The first kappa shape index (κ1) is 13.8. The lowest BCUT2D eigenvalue weighted by Crippen LogP contribution is -2.12. The SMILES string of the molecule is NS(=O)(=O)c1ccc(CNc2ncccc2Cl)cc1. The number of pyridine rings is 1. The molecule has 0 aliphatic carbocycles. The van der Waals surface area contributed by atoms with Crippen LogP contribution in [0.15, 0.2) is 47.5 Å². The largest absolute Gasteiger partial charge is 0.365 e. The van der Waals surface area contributed by atoms with Gasteiger partial charge in [-0.2, -0.15) is 0 Å². The number of nitrogens with zero attached hydrogens (tertiary/aromatic N) is 1. The van der Waals surface area contributed by atoms with E-state index < -0.39 is 10.0 Å². The third-order valence-electron chi connectivity index (χ3n) is 2.47. The van der Waals surface area contributed by atoms with Gasteiger partial charge in [-0.3, -0.25) is 0 Å². The summed E-state index contributed by atoms with van der Waals surface area (Å²) in [7, 11) is -3.65. The molecule has 2 aromatic rings. The van der Waals surface area contributed by atoms with Crippen LogP contribution < -0.4 is 10.5 Å². The van der Waals surface area contributed by atoms with Crippen LogP contribution in [0.4, 0.5) is 5.82 Å². The van der Waals surface area contributed by atoms with Gasteiger partial charge < -0.3 is 5.32 Å². The summed E-state index contributed by atoms with van der Waals surface area (Å²) in [6.45, 7) is 0.488. The number of nitrogens with two attached hydrogens (primary N) is 1. The molecule has 0 spiro atoms. The molecule has 0 atom stereocenters. The van der Waals surface area contributed by atoms with Gasteiger partial charge in [0.25, 0.3) is 0 Å². The maximum Gasteiger partial charge on any atom is 0.238 e. The van der Waals surface area contributed by atoms with Gasteiger partial charge in [-0.05, 0) is 29.8 Å². The molecule has 0 radical (unpaired) electrons. The van der Waals surface area contributed by atoms with Crippen LogP contribution in [0.5, 0.6) is 0 Å². The minimum Gasteiger partial charge on any atom is -0.365 e.